The summed E-state index contributed by atoms with van der Waals surface area (Å²) in [5, 5.41) is 7.41. The summed E-state index contributed by atoms with van der Waals surface area (Å²) in [5.41, 5.74) is 3.85. The van der Waals surface area contributed by atoms with Gasteiger partial charge in [-0.2, -0.15) is 5.12 Å². The summed E-state index contributed by atoms with van der Waals surface area (Å²) < 4.78 is 11.2. The largest absolute Gasteiger partial charge is 0.405 e. The van der Waals surface area contributed by atoms with E-state index in [9.17, 15) is 14.4 Å². The van der Waals surface area contributed by atoms with E-state index in [-0.39, 0.29) is 28.7 Å². The highest BCUT2D eigenvalue weighted by Crippen LogP contribution is 2.37. The minimum Gasteiger partial charge on any atom is -0.405 e. The molecule has 2 aromatic rings. The normalized spacial score (nSPS) is 18.8. The van der Waals surface area contributed by atoms with E-state index >= 15 is 0 Å². The summed E-state index contributed by atoms with van der Waals surface area (Å²) in [6.07, 6.45) is 0.0715. The van der Waals surface area contributed by atoms with Crippen LogP contribution >= 0.6 is 0 Å². The van der Waals surface area contributed by atoms with E-state index in [1.807, 2.05) is 43.4 Å². The zero-order valence-corrected chi connectivity index (χ0v) is 22.1. The van der Waals surface area contributed by atoms with E-state index in [0.29, 0.717) is 23.7 Å². The molecule has 1 heterocycles. The third-order valence-electron chi connectivity index (χ3n) is 6.74. The lowest BCUT2D eigenvalue weighted by Crippen LogP contribution is -2.59. The molecule has 1 aliphatic carbocycles. The van der Waals surface area contributed by atoms with Gasteiger partial charge in [-0.3, -0.25) is 14.4 Å². The number of hydrogen-bond donors (Lipinski definition) is 3. The van der Waals surface area contributed by atoms with Gasteiger partial charge in [0.25, 0.3) is 11.8 Å². The van der Waals surface area contributed by atoms with Crippen molar-refractivity contribution in [2.45, 2.75) is 70.8 Å². The number of nitrogens with two attached hydrogens (primary N) is 1. The van der Waals surface area contributed by atoms with Gasteiger partial charge in [-0.1, -0.05) is 56.3 Å². The lowest BCUT2D eigenvalue weighted by Gasteiger charge is -2.39. The van der Waals surface area contributed by atoms with Gasteiger partial charge in [0.15, 0.2) is 8.32 Å². The number of nitrogens with one attached hydrogen (secondary N) is 2. The molecule has 0 radical (unpaired) electrons. The molecule has 1 aromatic carbocycles. The van der Waals surface area contributed by atoms with E-state index in [4.69, 9.17) is 14.8 Å². The van der Waals surface area contributed by atoms with E-state index < -0.39 is 26.2 Å². The maximum atomic E-state index is 12.6. The predicted molar refractivity (Wildman–Crippen MR) is 133 cm³/mol. The SMILES string of the molecule is C[C@@H](O[Si](C)(C)C(C)(C)C)C(=O)N(N)NC(=O)[C@H]1C[C@H](NC(=O)c2cc(-c3ccccc3)no2)C1. The standard InChI is InChI=1S/C24H35N5O5Si/c1-15(34-35(5,6)24(2,3)4)23(32)29(25)27-21(30)17-12-18(13-17)26-22(31)20-14-19(28-33-20)16-10-8-7-9-11-16/h7-11,14-15,17-18H,12-13,25H2,1-6H3,(H,26,31)(H,27,30)/t15-,17-,18-/m1/s1. The van der Waals surface area contributed by atoms with Crippen molar-refractivity contribution in [2.75, 3.05) is 0 Å². The molecule has 0 bridgehead atoms. The van der Waals surface area contributed by atoms with Crippen LogP contribution in [0.2, 0.25) is 18.1 Å². The van der Waals surface area contributed by atoms with Gasteiger partial charge in [0, 0.05) is 23.6 Å². The van der Waals surface area contributed by atoms with Crippen LogP contribution < -0.4 is 16.6 Å². The Labute approximate surface area is 206 Å². The minimum atomic E-state index is -2.17. The summed E-state index contributed by atoms with van der Waals surface area (Å²) >= 11 is 0. The van der Waals surface area contributed by atoms with Crippen LogP contribution in [-0.2, 0) is 14.0 Å². The fraction of sp³-hybridized carbons (Fsp3) is 0.500. The van der Waals surface area contributed by atoms with Crippen molar-refractivity contribution < 1.29 is 23.3 Å². The zero-order valence-electron chi connectivity index (χ0n) is 21.1. The Morgan fingerprint density at radius 3 is 2.43 bits per heavy atom. The Morgan fingerprint density at radius 1 is 1.20 bits per heavy atom. The highest BCUT2D eigenvalue weighted by molar-refractivity contribution is 6.74. The Bertz CT molecular complexity index is 1060. The number of nitrogens with zero attached hydrogens (tertiary/aromatic N) is 2. The van der Waals surface area contributed by atoms with Crippen molar-refractivity contribution in [3.63, 3.8) is 0 Å². The molecule has 1 aliphatic rings. The molecule has 1 atom stereocenters. The molecule has 11 heteroatoms. The second kappa shape index (κ2) is 10.3. The lowest BCUT2D eigenvalue weighted by atomic mass is 9.79. The maximum Gasteiger partial charge on any atom is 0.290 e. The van der Waals surface area contributed by atoms with Crippen LogP contribution in [0.15, 0.2) is 40.9 Å². The van der Waals surface area contributed by atoms with Crippen LogP contribution in [0, 0.1) is 5.92 Å². The molecule has 3 rings (SSSR count). The number of amides is 3. The molecule has 3 amide bonds. The van der Waals surface area contributed by atoms with Crippen molar-refractivity contribution in [2.24, 2.45) is 11.8 Å². The molecule has 10 nitrogen and oxygen atoms in total. The first-order chi connectivity index (χ1) is 16.3. The molecule has 35 heavy (non-hydrogen) atoms. The maximum absolute atomic E-state index is 12.6. The van der Waals surface area contributed by atoms with Crippen LogP contribution in [-0.4, -0.2) is 48.5 Å². The molecule has 4 N–H and O–H groups in total. The second-order valence-electron chi connectivity index (χ2n) is 10.5. The highest BCUT2D eigenvalue weighted by Gasteiger charge is 2.41. The Morgan fingerprint density at radius 2 is 1.83 bits per heavy atom. The molecule has 0 aliphatic heterocycles. The summed E-state index contributed by atoms with van der Waals surface area (Å²) in [4.78, 5) is 37.6. The number of aromatic nitrogens is 1. The van der Waals surface area contributed by atoms with Gasteiger partial charge in [0.2, 0.25) is 11.7 Å². The van der Waals surface area contributed by atoms with Gasteiger partial charge in [0.05, 0.1) is 0 Å². The molecule has 1 aromatic heterocycles. The first-order valence-corrected chi connectivity index (χ1v) is 14.6. The molecule has 1 saturated carbocycles. The van der Waals surface area contributed by atoms with Gasteiger partial charge in [0.1, 0.15) is 11.8 Å². The Balaban J connectivity index is 1.44. The quantitative estimate of drug-likeness (QED) is 0.229. The van der Waals surface area contributed by atoms with Crippen molar-refractivity contribution in [3.8, 4) is 11.3 Å². The number of carbonyl (C=O) groups is 3. The fourth-order valence-electron chi connectivity index (χ4n) is 3.46. The van der Waals surface area contributed by atoms with Gasteiger partial charge < -0.3 is 14.3 Å². The van der Waals surface area contributed by atoms with E-state index in [0.717, 1.165) is 5.56 Å². The van der Waals surface area contributed by atoms with Crippen LogP contribution in [0.4, 0.5) is 0 Å². The van der Waals surface area contributed by atoms with Crippen molar-refractivity contribution >= 4 is 26.0 Å². The van der Waals surface area contributed by atoms with Crippen LogP contribution in [0.3, 0.4) is 0 Å². The van der Waals surface area contributed by atoms with E-state index in [1.165, 1.54) is 0 Å². The van der Waals surface area contributed by atoms with Crippen LogP contribution in [0.25, 0.3) is 11.3 Å². The average Bonchev–Trinajstić information content (AvgIpc) is 3.25. The number of hydrazine groups is 2. The molecular formula is C24H35N5O5Si. The third-order valence-corrected chi connectivity index (χ3v) is 11.3. The predicted octanol–water partition coefficient (Wildman–Crippen LogP) is 2.99. The zero-order chi connectivity index (χ0) is 26.0. The second-order valence-corrected chi connectivity index (χ2v) is 15.2. The number of hydrogen-bond acceptors (Lipinski definition) is 7. The fourth-order valence-corrected chi connectivity index (χ4v) is 4.80. The molecule has 190 valence electrons. The van der Waals surface area contributed by atoms with Crippen molar-refractivity contribution in [1.29, 1.82) is 0 Å². The number of carbonyl (C=O) groups excluding carboxylic acids is 3. The van der Waals surface area contributed by atoms with Gasteiger partial charge in [-0.05, 0) is 37.9 Å². The Hall–Kier alpha value is -3.02. The third kappa shape index (κ3) is 6.35. The van der Waals surface area contributed by atoms with E-state index in [2.05, 4.69) is 36.7 Å². The first kappa shape index (κ1) is 26.6. The smallest absolute Gasteiger partial charge is 0.290 e. The van der Waals surface area contributed by atoms with Crippen LogP contribution in [0.1, 0.15) is 51.1 Å². The van der Waals surface area contributed by atoms with Gasteiger partial charge in [-0.25, -0.2) is 11.3 Å². The topological polar surface area (TPSA) is 140 Å². The summed E-state index contributed by atoms with van der Waals surface area (Å²) in [5.74, 6) is 4.24. The summed E-state index contributed by atoms with van der Waals surface area (Å²) in [6, 6.07) is 10.8. The molecular weight excluding hydrogens is 466 g/mol. The van der Waals surface area contributed by atoms with Crippen LogP contribution in [0.5, 0.6) is 0 Å². The lowest BCUT2D eigenvalue weighted by molar-refractivity contribution is -0.149. The number of rotatable bonds is 7. The Kier molecular flexibility index (Phi) is 7.82. The van der Waals surface area contributed by atoms with E-state index in [1.54, 1.807) is 13.0 Å². The van der Waals surface area contributed by atoms with Gasteiger partial charge in [-0.15, -0.1) is 0 Å². The average molecular weight is 502 g/mol. The molecule has 0 unspecified atom stereocenters. The van der Waals surface area contributed by atoms with Crippen molar-refractivity contribution in [1.82, 2.24) is 21.0 Å². The summed E-state index contributed by atoms with van der Waals surface area (Å²) in [7, 11) is -2.17. The summed E-state index contributed by atoms with van der Waals surface area (Å²) in [6.45, 7) is 12.0. The van der Waals surface area contributed by atoms with Crippen molar-refractivity contribution in [3.05, 3.63) is 42.2 Å². The monoisotopic (exact) mass is 501 g/mol. The number of benzene rings is 1. The highest BCUT2D eigenvalue weighted by atomic mass is 28.4. The first-order valence-electron chi connectivity index (χ1n) is 11.7. The van der Waals surface area contributed by atoms with Gasteiger partial charge >= 0.3 is 0 Å². The molecule has 0 spiro atoms. The molecule has 0 saturated heterocycles. The molecule has 1 fully saturated rings. The minimum absolute atomic E-state index is 0.0651.